The molecule has 1 aliphatic rings. The van der Waals surface area contributed by atoms with Crippen molar-refractivity contribution < 1.29 is 15.0 Å². The van der Waals surface area contributed by atoms with Crippen LogP contribution < -0.4 is 5.32 Å². The summed E-state index contributed by atoms with van der Waals surface area (Å²) in [6.07, 6.45) is 0.687. The summed E-state index contributed by atoms with van der Waals surface area (Å²) in [5.74, 6) is -0.937. The molecule has 1 aromatic carbocycles. The van der Waals surface area contributed by atoms with E-state index in [-0.39, 0.29) is 18.2 Å². The van der Waals surface area contributed by atoms with E-state index in [9.17, 15) is 4.79 Å². The van der Waals surface area contributed by atoms with Crippen LogP contribution in [0.5, 0.6) is 0 Å². The van der Waals surface area contributed by atoms with Gasteiger partial charge in [0, 0.05) is 0 Å². The number of aliphatic hydroxyl groups excluding tert-OH is 1. The van der Waals surface area contributed by atoms with Gasteiger partial charge in [-0.3, -0.25) is 0 Å². The Morgan fingerprint density at radius 2 is 2.36 bits per heavy atom. The number of rotatable bonds is 2. The maximum absolute atomic E-state index is 10.9. The lowest BCUT2D eigenvalue weighted by molar-refractivity contribution is 0.0698. The Morgan fingerprint density at radius 1 is 1.57 bits per heavy atom. The molecule has 4 nitrogen and oxygen atoms in total. The number of para-hydroxylation sites is 1. The Kier molecular flexibility index (Phi) is 2.13. The van der Waals surface area contributed by atoms with E-state index in [2.05, 4.69) is 5.32 Å². The van der Waals surface area contributed by atoms with Crippen molar-refractivity contribution in [1.29, 1.82) is 0 Å². The van der Waals surface area contributed by atoms with Crippen LogP contribution in [0.1, 0.15) is 15.9 Å². The number of hydrogen-bond acceptors (Lipinski definition) is 3. The third-order valence-electron chi connectivity index (χ3n) is 2.42. The molecule has 14 heavy (non-hydrogen) atoms. The van der Waals surface area contributed by atoms with Gasteiger partial charge in [0.1, 0.15) is 0 Å². The zero-order valence-electron chi connectivity index (χ0n) is 7.53. The number of aromatic carboxylic acids is 1. The van der Waals surface area contributed by atoms with Gasteiger partial charge >= 0.3 is 5.97 Å². The van der Waals surface area contributed by atoms with Crippen molar-refractivity contribution in [2.24, 2.45) is 0 Å². The number of carbonyl (C=O) groups is 1. The minimum atomic E-state index is -0.937. The summed E-state index contributed by atoms with van der Waals surface area (Å²) in [4.78, 5) is 10.9. The molecule has 3 N–H and O–H groups in total. The Balaban J connectivity index is 2.41. The summed E-state index contributed by atoms with van der Waals surface area (Å²) in [6, 6.07) is 5.12. The molecular weight excluding hydrogens is 182 g/mol. The van der Waals surface area contributed by atoms with Gasteiger partial charge in [0.05, 0.1) is 23.9 Å². The van der Waals surface area contributed by atoms with Crippen LogP contribution >= 0.6 is 0 Å². The molecular formula is C10H11NO3. The quantitative estimate of drug-likeness (QED) is 0.647. The molecule has 1 unspecified atom stereocenters. The third kappa shape index (κ3) is 1.33. The molecule has 0 aromatic heterocycles. The summed E-state index contributed by atoms with van der Waals surface area (Å²) in [6.45, 7) is 0.0216. The lowest BCUT2D eigenvalue weighted by Crippen LogP contribution is -2.20. The van der Waals surface area contributed by atoms with Crippen molar-refractivity contribution in [2.45, 2.75) is 12.5 Å². The van der Waals surface area contributed by atoms with Crippen molar-refractivity contribution in [2.75, 3.05) is 11.9 Å². The fourth-order valence-corrected chi connectivity index (χ4v) is 1.75. The maximum atomic E-state index is 10.9. The van der Waals surface area contributed by atoms with Crippen LogP contribution in [0.15, 0.2) is 18.2 Å². The van der Waals surface area contributed by atoms with Crippen molar-refractivity contribution >= 4 is 11.7 Å². The second-order valence-corrected chi connectivity index (χ2v) is 3.37. The number of nitrogens with one attached hydrogen (secondary N) is 1. The van der Waals surface area contributed by atoms with E-state index in [4.69, 9.17) is 10.2 Å². The molecule has 4 heteroatoms. The predicted molar refractivity (Wildman–Crippen MR) is 51.6 cm³/mol. The van der Waals surface area contributed by atoms with Crippen LogP contribution in [0.25, 0.3) is 0 Å². The summed E-state index contributed by atoms with van der Waals surface area (Å²) >= 11 is 0. The van der Waals surface area contributed by atoms with Crippen molar-refractivity contribution in [3.8, 4) is 0 Å². The number of fused-ring (bicyclic) bond motifs is 1. The standard InChI is InChI=1S/C10H11NO3/c12-5-7-4-6-2-1-3-8(10(13)14)9(6)11-7/h1-3,7,11-12H,4-5H2,(H,13,14). The average molecular weight is 193 g/mol. The molecule has 0 saturated heterocycles. The third-order valence-corrected chi connectivity index (χ3v) is 2.42. The molecule has 0 radical (unpaired) electrons. The predicted octanol–water partition coefficient (Wildman–Crippen LogP) is 0.714. The molecule has 0 saturated carbocycles. The normalized spacial score (nSPS) is 18.8. The highest BCUT2D eigenvalue weighted by atomic mass is 16.4. The summed E-state index contributed by atoms with van der Waals surface area (Å²) in [5.41, 5.74) is 1.89. The Hall–Kier alpha value is -1.55. The van der Waals surface area contributed by atoms with Crippen molar-refractivity contribution in [1.82, 2.24) is 0 Å². The van der Waals surface area contributed by atoms with E-state index in [1.807, 2.05) is 6.07 Å². The van der Waals surface area contributed by atoms with E-state index in [0.717, 1.165) is 5.56 Å². The van der Waals surface area contributed by atoms with Crippen LogP contribution in [-0.4, -0.2) is 28.8 Å². The van der Waals surface area contributed by atoms with E-state index >= 15 is 0 Å². The fraction of sp³-hybridized carbons (Fsp3) is 0.300. The highest BCUT2D eigenvalue weighted by molar-refractivity contribution is 5.95. The first kappa shape index (κ1) is 9.02. The Morgan fingerprint density at radius 3 is 3.00 bits per heavy atom. The number of carboxylic acid groups (broad SMARTS) is 1. The van der Waals surface area contributed by atoms with Crippen LogP contribution in [0, 0.1) is 0 Å². The summed E-state index contributed by atoms with van der Waals surface area (Å²) < 4.78 is 0. The first-order valence-corrected chi connectivity index (χ1v) is 4.45. The van der Waals surface area contributed by atoms with Gasteiger partial charge < -0.3 is 15.5 Å². The van der Waals surface area contributed by atoms with Gasteiger partial charge in [-0.1, -0.05) is 12.1 Å². The van der Waals surface area contributed by atoms with Crippen LogP contribution in [0.2, 0.25) is 0 Å². The average Bonchev–Trinajstić information content (AvgIpc) is 2.59. The van der Waals surface area contributed by atoms with E-state index in [1.165, 1.54) is 0 Å². The Labute approximate surface area is 81.2 Å². The molecule has 74 valence electrons. The van der Waals surface area contributed by atoms with Gasteiger partial charge in [-0.05, 0) is 18.1 Å². The highest BCUT2D eigenvalue weighted by Crippen LogP contribution is 2.29. The van der Waals surface area contributed by atoms with E-state index in [0.29, 0.717) is 12.1 Å². The molecule has 2 rings (SSSR count). The number of benzene rings is 1. The molecule has 0 spiro atoms. The van der Waals surface area contributed by atoms with Gasteiger partial charge in [0.15, 0.2) is 0 Å². The first-order valence-electron chi connectivity index (χ1n) is 4.45. The zero-order valence-corrected chi connectivity index (χ0v) is 7.53. The minimum absolute atomic E-state index is 0.0216. The van der Waals surface area contributed by atoms with Gasteiger partial charge in [0.25, 0.3) is 0 Å². The van der Waals surface area contributed by atoms with E-state index in [1.54, 1.807) is 12.1 Å². The monoisotopic (exact) mass is 193 g/mol. The molecule has 0 bridgehead atoms. The van der Waals surface area contributed by atoms with Crippen LogP contribution in [0.3, 0.4) is 0 Å². The van der Waals surface area contributed by atoms with Crippen LogP contribution in [0.4, 0.5) is 5.69 Å². The first-order chi connectivity index (χ1) is 6.72. The van der Waals surface area contributed by atoms with Gasteiger partial charge in [-0.15, -0.1) is 0 Å². The smallest absolute Gasteiger partial charge is 0.337 e. The second-order valence-electron chi connectivity index (χ2n) is 3.37. The minimum Gasteiger partial charge on any atom is -0.478 e. The summed E-state index contributed by atoms with van der Waals surface area (Å²) in [5, 5.41) is 20.9. The number of aliphatic hydroxyl groups is 1. The van der Waals surface area contributed by atoms with Crippen molar-refractivity contribution in [3.63, 3.8) is 0 Å². The Bertz CT molecular complexity index is 376. The number of hydrogen-bond donors (Lipinski definition) is 3. The largest absolute Gasteiger partial charge is 0.478 e. The lowest BCUT2D eigenvalue weighted by Gasteiger charge is -2.07. The molecule has 1 aromatic rings. The van der Waals surface area contributed by atoms with Gasteiger partial charge in [-0.25, -0.2) is 4.79 Å². The zero-order chi connectivity index (χ0) is 10.1. The molecule has 1 atom stereocenters. The molecule has 0 amide bonds. The number of anilines is 1. The van der Waals surface area contributed by atoms with Gasteiger partial charge in [-0.2, -0.15) is 0 Å². The second kappa shape index (κ2) is 3.31. The van der Waals surface area contributed by atoms with Crippen molar-refractivity contribution in [3.05, 3.63) is 29.3 Å². The number of carboxylic acids is 1. The van der Waals surface area contributed by atoms with Crippen LogP contribution in [-0.2, 0) is 6.42 Å². The molecule has 1 heterocycles. The SMILES string of the molecule is O=C(O)c1cccc2c1NC(CO)C2. The molecule has 0 fully saturated rings. The summed E-state index contributed by atoms with van der Waals surface area (Å²) in [7, 11) is 0. The van der Waals surface area contributed by atoms with E-state index < -0.39 is 5.97 Å². The topological polar surface area (TPSA) is 69.6 Å². The molecule has 1 aliphatic heterocycles. The maximum Gasteiger partial charge on any atom is 0.337 e. The lowest BCUT2D eigenvalue weighted by atomic mass is 10.1. The molecule has 0 aliphatic carbocycles. The van der Waals surface area contributed by atoms with Gasteiger partial charge in [0.2, 0.25) is 0 Å². The highest BCUT2D eigenvalue weighted by Gasteiger charge is 2.24. The fourth-order valence-electron chi connectivity index (χ4n) is 1.75.